The molecule has 2 aliphatic heterocycles. The molecule has 0 amide bonds. The molecule has 1 aromatic heterocycles. The number of hydrogen-bond acceptors (Lipinski definition) is 6. The van der Waals surface area contributed by atoms with Crippen LogP contribution in [-0.4, -0.2) is 72.0 Å². The van der Waals surface area contributed by atoms with E-state index in [1.165, 1.54) is 0 Å². The van der Waals surface area contributed by atoms with Crippen LogP contribution in [0.5, 0.6) is 0 Å². The van der Waals surface area contributed by atoms with E-state index in [-0.39, 0.29) is 12.0 Å². The first-order valence-corrected chi connectivity index (χ1v) is 7.33. The van der Waals surface area contributed by atoms with Crippen LogP contribution in [0.15, 0.2) is 18.5 Å². The first-order valence-electron chi connectivity index (χ1n) is 7.33. The summed E-state index contributed by atoms with van der Waals surface area (Å²) in [4.78, 5) is 13.2. The normalized spacial score (nSPS) is 28.6. The van der Waals surface area contributed by atoms with Crippen molar-refractivity contribution in [3.8, 4) is 0 Å². The molecule has 1 aromatic rings. The van der Waals surface area contributed by atoms with Crippen LogP contribution in [0.1, 0.15) is 6.42 Å². The van der Waals surface area contributed by atoms with E-state index in [0.717, 1.165) is 45.1 Å². The second-order valence-electron chi connectivity index (χ2n) is 5.53. The molecule has 6 nitrogen and oxygen atoms in total. The van der Waals surface area contributed by atoms with Gasteiger partial charge in [-0.15, -0.1) is 0 Å². The van der Waals surface area contributed by atoms with Crippen LogP contribution in [0.4, 0.5) is 5.95 Å². The molecule has 0 saturated carbocycles. The van der Waals surface area contributed by atoms with E-state index in [1.54, 1.807) is 12.4 Å². The molecule has 3 heterocycles. The van der Waals surface area contributed by atoms with Crippen molar-refractivity contribution < 1.29 is 9.84 Å². The van der Waals surface area contributed by atoms with E-state index in [1.807, 2.05) is 6.07 Å². The molecular formula is C14H22N4O2. The summed E-state index contributed by atoms with van der Waals surface area (Å²) < 4.78 is 5.47. The number of rotatable bonds is 3. The Bertz CT molecular complexity index is 409. The minimum Gasteiger partial charge on any atom is -0.393 e. The van der Waals surface area contributed by atoms with E-state index in [0.29, 0.717) is 13.2 Å². The van der Waals surface area contributed by atoms with Gasteiger partial charge in [0.05, 0.1) is 12.7 Å². The Hall–Kier alpha value is -1.24. The molecule has 0 spiro atoms. The molecule has 6 heteroatoms. The van der Waals surface area contributed by atoms with Gasteiger partial charge in [0, 0.05) is 57.6 Å². The standard InChI is InChI=1S/C14H22N4O2/c19-13-2-9-20-11-12(13)10-17-5-7-18(8-6-17)14-15-3-1-4-16-14/h1,3-4,12-13,19H,2,5-11H2. The zero-order chi connectivity index (χ0) is 13.8. The smallest absolute Gasteiger partial charge is 0.225 e. The van der Waals surface area contributed by atoms with E-state index in [9.17, 15) is 5.11 Å². The van der Waals surface area contributed by atoms with E-state index in [4.69, 9.17) is 4.74 Å². The lowest BCUT2D eigenvalue weighted by atomic mass is 9.98. The Morgan fingerprint density at radius 2 is 1.95 bits per heavy atom. The first kappa shape index (κ1) is 13.7. The molecule has 2 fully saturated rings. The van der Waals surface area contributed by atoms with Crippen LogP contribution < -0.4 is 4.90 Å². The SMILES string of the molecule is OC1CCOCC1CN1CCN(c2ncccn2)CC1. The molecule has 0 aromatic carbocycles. The second kappa shape index (κ2) is 6.47. The predicted molar refractivity (Wildman–Crippen MR) is 75.6 cm³/mol. The third-order valence-corrected chi connectivity index (χ3v) is 4.13. The van der Waals surface area contributed by atoms with Crippen molar-refractivity contribution in [1.82, 2.24) is 14.9 Å². The lowest BCUT2D eigenvalue weighted by Crippen LogP contribution is -2.50. The Kier molecular flexibility index (Phi) is 4.44. The summed E-state index contributed by atoms with van der Waals surface area (Å²) in [7, 11) is 0. The molecule has 2 atom stereocenters. The first-order chi connectivity index (χ1) is 9.83. The van der Waals surface area contributed by atoms with Gasteiger partial charge in [-0.05, 0) is 12.5 Å². The number of aliphatic hydroxyl groups is 1. The summed E-state index contributed by atoms with van der Waals surface area (Å²) in [6.45, 7) is 6.15. The summed E-state index contributed by atoms with van der Waals surface area (Å²) in [5.41, 5.74) is 0. The maximum atomic E-state index is 9.99. The van der Waals surface area contributed by atoms with Gasteiger partial charge in [0.2, 0.25) is 5.95 Å². The van der Waals surface area contributed by atoms with Gasteiger partial charge < -0.3 is 14.7 Å². The summed E-state index contributed by atoms with van der Waals surface area (Å²) in [6, 6.07) is 1.84. The van der Waals surface area contributed by atoms with Gasteiger partial charge in [-0.3, -0.25) is 4.90 Å². The number of nitrogens with zero attached hydrogens (tertiary/aromatic N) is 4. The van der Waals surface area contributed by atoms with E-state index in [2.05, 4.69) is 19.8 Å². The molecule has 0 aliphatic carbocycles. The monoisotopic (exact) mass is 278 g/mol. The number of ether oxygens (including phenoxy) is 1. The van der Waals surface area contributed by atoms with Crippen LogP contribution in [0.3, 0.4) is 0 Å². The minimum absolute atomic E-state index is 0.209. The van der Waals surface area contributed by atoms with E-state index >= 15 is 0 Å². The van der Waals surface area contributed by atoms with Gasteiger partial charge in [-0.25, -0.2) is 9.97 Å². The lowest BCUT2D eigenvalue weighted by Gasteiger charge is -2.38. The zero-order valence-electron chi connectivity index (χ0n) is 11.7. The Balaban J connectivity index is 1.49. The zero-order valence-corrected chi connectivity index (χ0v) is 11.7. The highest BCUT2D eigenvalue weighted by atomic mass is 16.5. The van der Waals surface area contributed by atoms with Crippen LogP contribution in [0.2, 0.25) is 0 Å². The van der Waals surface area contributed by atoms with Crippen LogP contribution >= 0.6 is 0 Å². The lowest BCUT2D eigenvalue weighted by molar-refractivity contribution is -0.0469. The van der Waals surface area contributed by atoms with Gasteiger partial charge in [-0.2, -0.15) is 0 Å². The highest BCUT2D eigenvalue weighted by molar-refractivity contribution is 5.29. The number of piperazine rings is 1. The fourth-order valence-corrected chi connectivity index (χ4v) is 2.88. The van der Waals surface area contributed by atoms with Crippen molar-refractivity contribution in [3.05, 3.63) is 18.5 Å². The molecule has 110 valence electrons. The number of aromatic nitrogens is 2. The van der Waals surface area contributed by atoms with Gasteiger partial charge in [0.15, 0.2) is 0 Å². The Morgan fingerprint density at radius 1 is 1.20 bits per heavy atom. The number of anilines is 1. The van der Waals surface area contributed by atoms with Crippen molar-refractivity contribution in [2.24, 2.45) is 5.92 Å². The van der Waals surface area contributed by atoms with E-state index < -0.39 is 0 Å². The summed E-state index contributed by atoms with van der Waals surface area (Å²) in [6.07, 6.45) is 4.12. The average Bonchev–Trinajstić information content (AvgIpc) is 2.51. The molecule has 1 N–H and O–H groups in total. The molecule has 0 bridgehead atoms. The van der Waals surface area contributed by atoms with Gasteiger partial charge in [0.25, 0.3) is 0 Å². The second-order valence-corrected chi connectivity index (χ2v) is 5.53. The van der Waals surface area contributed by atoms with Gasteiger partial charge >= 0.3 is 0 Å². The highest BCUT2D eigenvalue weighted by Gasteiger charge is 2.27. The maximum Gasteiger partial charge on any atom is 0.225 e. The molecule has 2 aliphatic rings. The molecule has 2 unspecified atom stereocenters. The van der Waals surface area contributed by atoms with Crippen LogP contribution in [0, 0.1) is 5.92 Å². The summed E-state index contributed by atoms with van der Waals surface area (Å²) >= 11 is 0. The Morgan fingerprint density at radius 3 is 2.65 bits per heavy atom. The van der Waals surface area contributed by atoms with Crippen LogP contribution in [0.25, 0.3) is 0 Å². The third-order valence-electron chi connectivity index (χ3n) is 4.13. The van der Waals surface area contributed by atoms with Crippen LogP contribution in [-0.2, 0) is 4.74 Å². The molecule has 2 saturated heterocycles. The summed E-state index contributed by atoms with van der Waals surface area (Å²) in [5.74, 6) is 1.07. The average molecular weight is 278 g/mol. The van der Waals surface area contributed by atoms with Gasteiger partial charge in [0.1, 0.15) is 0 Å². The van der Waals surface area contributed by atoms with Crippen molar-refractivity contribution in [3.63, 3.8) is 0 Å². The molecule has 0 radical (unpaired) electrons. The fourth-order valence-electron chi connectivity index (χ4n) is 2.88. The highest BCUT2D eigenvalue weighted by Crippen LogP contribution is 2.17. The maximum absolute atomic E-state index is 9.99. The minimum atomic E-state index is -0.209. The molecule has 3 rings (SSSR count). The van der Waals surface area contributed by atoms with Crippen molar-refractivity contribution in [2.45, 2.75) is 12.5 Å². The fraction of sp³-hybridized carbons (Fsp3) is 0.714. The number of hydrogen-bond donors (Lipinski definition) is 1. The topological polar surface area (TPSA) is 61.7 Å². The largest absolute Gasteiger partial charge is 0.393 e. The Labute approximate surface area is 119 Å². The van der Waals surface area contributed by atoms with Crippen molar-refractivity contribution in [2.75, 3.05) is 50.8 Å². The molecule has 20 heavy (non-hydrogen) atoms. The summed E-state index contributed by atoms with van der Waals surface area (Å²) in [5, 5.41) is 9.99. The third kappa shape index (κ3) is 3.26. The quantitative estimate of drug-likeness (QED) is 0.839. The van der Waals surface area contributed by atoms with Crippen molar-refractivity contribution in [1.29, 1.82) is 0 Å². The predicted octanol–water partition coefficient (Wildman–Crippen LogP) is -0.00400. The van der Waals surface area contributed by atoms with Gasteiger partial charge in [-0.1, -0.05) is 0 Å². The number of aliphatic hydroxyl groups excluding tert-OH is 1. The van der Waals surface area contributed by atoms with Crippen molar-refractivity contribution >= 4 is 5.95 Å². The molecular weight excluding hydrogens is 256 g/mol.